The summed E-state index contributed by atoms with van der Waals surface area (Å²) in [5.41, 5.74) is -0.848. The number of nitrogens with one attached hydrogen (secondary N) is 1. The summed E-state index contributed by atoms with van der Waals surface area (Å²) in [5.74, 6) is -0.150. The van der Waals surface area contributed by atoms with Gasteiger partial charge in [-0.25, -0.2) is 4.39 Å². The third-order valence-corrected chi connectivity index (χ3v) is 4.45. The maximum absolute atomic E-state index is 13.0. The Labute approximate surface area is 130 Å². The van der Waals surface area contributed by atoms with Crippen LogP contribution < -0.4 is 5.32 Å². The number of thioether (sulfide) groups is 1. The van der Waals surface area contributed by atoms with Gasteiger partial charge in [0.05, 0.1) is 0 Å². The Morgan fingerprint density at radius 3 is 2.81 bits per heavy atom. The molecule has 21 heavy (non-hydrogen) atoms. The maximum Gasteiger partial charge on any atom is 0.323 e. The summed E-state index contributed by atoms with van der Waals surface area (Å²) in [7, 11) is 0. The number of hydrogen-bond acceptors (Lipinski definition) is 3. The highest BCUT2D eigenvalue weighted by atomic mass is 32.2. The van der Waals surface area contributed by atoms with Crippen LogP contribution in [0.5, 0.6) is 0 Å². The molecule has 0 bridgehead atoms. The minimum atomic E-state index is -0.848. The molecule has 0 heterocycles. The van der Waals surface area contributed by atoms with Gasteiger partial charge >= 0.3 is 5.97 Å². The lowest BCUT2D eigenvalue weighted by Crippen LogP contribution is -2.49. The van der Waals surface area contributed by atoms with E-state index < -0.39 is 11.5 Å². The molecule has 0 saturated carbocycles. The van der Waals surface area contributed by atoms with Crippen LogP contribution in [0.15, 0.2) is 29.2 Å². The SMILES string of the molecule is CCCNC(C)(CCCCSc1cccc(F)c1)C(=O)O. The van der Waals surface area contributed by atoms with Crippen molar-refractivity contribution in [1.29, 1.82) is 0 Å². The van der Waals surface area contributed by atoms with Gasteiger partial charge in [0.25, 0.3) is 0 Å². The second kappa shape index (κ2) is 9.05. The fourth-order valence-electron chi connectivity index (χ4n) is 2.00. The van der Waals surface area contributed by atoms with Crippen molar-refractivity contribution in [3.05, 3.63) is 30.1 Å². The first-order valence-corrected chi connectivity index (χ1v) is 8.33. The molecule has 5 heteroatoms. The van der Waals surface area contributed by atoms with Crippen molar-refractivity contribution in [2.75, 3.05) is 12.3 Å². The van der Waals surface area contributed by atoms with Gasteiger partial charge in [-0.2, -0.15) is 0 Å². The predicted octanol–water partition coefficient (Wildman–Crippen LogP) is 3.93. The summed E-state index contributed by atoms with van der Waals surface area (Å²) in [6, 6.07) is 6.54. The van der Waals surface area contributed by atoms with Gasteiger partial charge in [-0.05, 0) is 56.7 Å². The molecule has 0 saturated heterocycles. The van der Waals surface area contributed by atoms with Crippen LogP contribution in [0.1, 0.15) is 39.5 Å². The van der Waals surface area contributed by atoms with E-state index in [4.69, 9.17) is 0 Å². The molecule has 3 nitrogen and oxygen atoms in total. The molecular formula is C16H24FNO2S. The number of halogens is 1. The second-order valence-electron chi connectivity index (χ2n) is 5.33. The average Bonchev–Trinajstić information content (AvgIpc) is 2.44. The molecule has 0 radical (unpaired) electrons. The largest absolute Gasteiger partial charge is 0.480 e. The molecule has 0 aliphatic rings. The highest BCUT2D eigenvalue weighted by molar-refractivity contribution is 7.99. The van der Waals surface area contributed by atoms with E-state index in [0.29, 0.717) is 13.0 Å². The number of rotatable bonds is 10. The summed E-state index contributed by atoms with van der Waals surface area (Å²) in [6.07, 6.45) is 3.27. The highest BCUT2D eigenvalue weighted by Crippen LogP contribution is 2.22. The summed E-state index contributed by atoms with van der Waals surface area (Å²) in [6.45, 7) is 4.47. The van der Waals surface area contributed by atoms with Gasteiger partial charge in [0, 0.05) is 4.90 Å². The first kappa shape index (κ1) is 18.0. The zero-order chi connectivity index (χ0) is 15.7. The van der Waals surface area contributed by atoms with Crippen LogP contribution in [0.4, 0.5) is 4.39 Å². The number of benzene rings is 1. The number of carboxylic acids is 1. The molecule has 1 unspecified atom stereocenters. The number of carboxylic acid groups (broad SMARTS) is 1. The molecular weight excluding hydrogens is 289 g/mol. The Morgan fingerprint density at radius 2 is 2.19 bits per heavy atom. The Morgan fingerprint density at radius 1 is 1.43 bits per heavy atom. The minimum Gasteiger partial charge on any atom is -0.480 e. The second-order valence-corrected chi connectivity index (χ2v) is 6.50. The minimum absolute atomic E-state index is 0.220. The van der Waals surface area contributed by atoms with E-state index in [0.717, 1.165) is 29.9 Å². The standard InChI is InChI=1S/C16H24FNO2S/c1-3-10-18-16(2,15(19)20)9-4-5-11-21-14-8-6-7-13(17)12-14/h6-8,12,18H,3-5,9-11H2,1-2H3,(H,19,20). The lowest BCUT2D eigenvalue weighted by molar-refractivity contribution is -0.144. The summed E-state index contributed by atoms with van der Waals surface area (Å²) < 4.78 is 13.0. The molecule has 0 aromatic heterocycles. The summed E-state index contributed by atoms with van der Waals surface area (Å²) >= 11 is 1.60. The van der Waals surface area contributed by atoms with Crippen molar-refractivity contribution in [1.82, 2.24) is 5.32 Å². The summed E-state index contributed by atoms with van der Waals surface area (Å²) in [5, 5.41) is 12.4. The third kappa shape index (κ3) is 6.48. The van der Waals surface area contributed by atoms with Crippen LogP contribution in [0, 0.1) is 5.82 Å². The number of hydrogen-bond donors (Lipinski definition) is 2. The van der Waals surface area contributed by atoms with E-state index in [9.17, 15) is 14.3 Å². The molecule has 1 aromatic rings. The van der Waals surface area contributed by atoms with E-state index in [-0.39, 0.29) is 5.82 Å². The molecule has 1 aromatic carbocycles. The van der Waals surface area contributed by atoms with E-state index in [2.05, 4.69) is 5.32 Å². The van der Waals surface area contributed by atoms with Crippen LogP contribution in [0.2, 0.25) is 0 Å². The number of unbranched alkanes of at least 4 members (excludes halogenated alkanes) is 1. The average molecular weight is 313 g/mol. The quantitative estimate of drug-likeness (QED) is 0.507. The van der Waals surface area contributed by atoms with Crippen molar-refractivity contribution >= 4 is 17.7 Å². The van der Waals surface area contributed by atoms with Crippen LogP contribution in [-0.2, 0) is 4.79 Å². The summed E-state index contributed by atoms with van der Waals surface area (Å²) in [4.78, 5) is 12.3. The molecule has 0 spiro atoms. The van der Waals surface area contributed by atoms with Gasteiger partial charge in [0.15, 0.2) is 0 Å². The van der Waals surface area contributed by atoms with Gasteiger partial charge < -0.3 is 10.4 Å². The molecule has 1 rings (SSSR count). The van der Waals surface area contributed by atoms with Crippen molar-refractivity contribution < 1.29 is 14.3 Å². The Kier molecular flexibility index (Phi) is 7.75. The number of carbonyl (C=O) groups is 1. The first-order chi connectivity index (χ1) is 9.98. The van der Waals surface area contributed by atoms with E-state index in [1.54, 1.807) is 24.8 Å². The topological polar surface area (TPSA) is 49.3 Å². The van der Waals surface area contributed by atoms with E-state index in [1.165, 1.54) is 12.1 Å². The molecule has 2 N–H and O–H groups in total. The molecule has 0 aliphatic carbocycles. The molecule has 0 amide bonds. The zero-order valence-corrected chi connectivity index (χ0v) is 13.5. The Balaban J connectivity index is 2.30. The van der Waals surface area contributed by atoms with Gasteiger partial charge in [-0.3, -0.25) is 4.79 Å². The fraction of sp³-hybridized carbons (Fsp3) is 0.562. The highest BCUT2D eigenvalue weighted by Gasteiger charge is 2.31. The Bertz CT molecular complexity index is 456. The normalized spacial score (nSPS) is 13.9. The van der Waals surface area contributed by atoms with Crippen LogP contribution in [-0.4, -0.2) is 28.9 Å². The third-order valence-electron chi connectivity index (χ3n) is 3.37. The monoisotopic (exact) mass is 313 g/mol. The van der Waals surface area contributed by atoms with Crippen molar-refractivity contribution in [3.8, 4) is 0 Å². The van der Waals surface area contributed by atoms with Gasteiger partial charge in [-0.15, -0.1) is 11.8 Å². The van der Waals surface area contributed by atoms with Crippen LogP contribution in [0.25, 0.3) is 0 Å². The van der Waals surface area contributed by atoms with Crippen LogP contribution >= 0.6 is 11.8 Å². The molecule has 1 atom stereocenters. The first-order valence-electron chi connectivity index (χ1n) is 7.35. The van der Waals surface area contributed by atoms with Crippen molar-refractivity contribution in [3.63, 3.8) is 0 Å². The smallest absolute Gasteiger partial charge is 0.323 e. The molecule has 118 valence electrons. The lowest BCUT2D eigenvalue weighted by atomic mass is 9.95. The van der Waals surface area contributed by atoms with Crippen molar-refractivity contribution in [2.45, 2.75) is 50.0 Å². The van der Waals surface area contributed by atoms with E-state index >= 15 is 0 Å². The van der Waals surface area contributed by atoms with Crippen LogP contribution in [0.3, 0.4) is 0 Å². The predicted molar refractivity (Wildman–Crippen MR) is 85.3 cm³/mol. The fourth-order valence-corrected chi connectivity index (χ4v) is 2.95. The number of aliphatic carboxylic acids is 1. The van der Waals surface area contributed by atoms with Gasteiger partial charge in [0.1, 0.15) is 11.4 Å². The molecule has 0 fully saturated rings. The maximum atomic E-state index is 13.0. The van der Waals surface area contributed by atoms with Crippen molar-refractivity contribution in [2.24, 2.45) is 0 Å². The van der Waals surface area contributed by atoms with Gasteiger partial charge in [0.2, 0.25) is 0 Å². The Hall–Kier alpha value is -1.07. The zero-order valence-electron chi connectivity index (χ0n) is 12.7. The molecule has 0 aliphatic heterocycles. The van der Waals surface area contributed by atoms with E-state index in [1.807, 2.05) is 13.0 Å². The van der Waals surface area contributed by atoms with Gasteiger partial charge in [-0.1, -0.05) is 19.4 Å². The lowest BCUT2D eigenvalue weighted by Gasteiger charge is -2.26.